The van der Waals surface area contributed by atoms with Crippen molar-refractivity contribution in [3.8, 4) is 11.4 Å². The van der Waals surface area contributed by atoms with Crippen molar-refractivity contribution < 1.29 is 0 Å². The first-order valence-electron chi connectivity index (χ1n) is 7.20. The summed E-state index contributed by atoms with van der Waals surface area (Å²) in [6, 6.07) is 2.03. The third-order valence-electron chi connectivity index (χ3n) is 3.18. The van der Waals surface area contributed by atoms with Crippen LogP contribution >= 0.6 is 0 Å². The molecule has 0 fully saturated rings. The van der Waals surface area contributed by atoms with Gasteiger partial charge in [-0.25, -0.2) is 9.97 Å². The molecule has 0 radical (unpaired) electrons. The molecule has 1 N–H and O–H groups in total. The molecule has 0 saturated carbocycles. The number of anilines is 1. The van der Waals surface area contributed by atoms with Crippen molar-refractivity contribution in [1.82, 2.24) is 19.7 Å². The molecule has 5 heteroatoms. The van der Waals surface area contributed by atoms with Gasteiger partial charge in [-0.2, -0.15) is 5.10 Å². The Morgan fingerprint density at radius 3 is 2.60 bits per heavy atom. The van der Waals surface area contributed by atoms with Crippen LogP contribution in [0.2, 0.25) is 0 Å². The zero-order valence-electron chi connectivity index (χ0n) is 12.9. The van der Waals surface area contributed by atoms with Crippen LogP contribution in [0.5, 0.6) is 0 Å². The maximum Gasteiger partial charge on any atom is 0.165 e. The molecule has 0 aliphatic rings. The van der Waals surface area contributed by atoms with E-state index in [1.54, 1.807) is 0 Å². The van der Waals surface area contributed by atoms with E-state index in [-0.39, 0.29) is 0 Å². The second-order valence-corrected chi connectivity index (χ2v) is 5.20. The van der Waals surface area contributed by atoms with Crippen LogP contribution in [0.25, 0.3) is 11.4 Å². The number of hydrogen-bond donors (Lipinski definition) is 1. The van der Waals surface area contributed by atoms with Crippen LogP contribution in [-0.2, 0) is 13.5 Å². The van der Waals surface area contributed by atoms with Crippen molar-refractivity contribution in [2.24, 2.45) is 7.05 Å². The van der Waals surface area contributed by atoms with E-state index in [0.29, 0.717) is 5.92 Å². The minimum Gasteiger partial charge on any atom is -0.370 e. The molecule has 5 nitrogen and oxygen atoms in total. The number of rotatable bonds is 5. The summed E-state index contributed by atoms with van der Waals surface area (Å²) in [5.74, 6) is 2.01. The summed E-state index contributed by atoms with van der Waals surface area (Å²) in [5, 5.41) is 7.75. The van der Waals surface area contributed by atoms with Gasteiger partial charge >= 0.3 is 0 Å². The maximum absolute atomic E-state index is 4.70. The molecule has 0 amide bonds. The predicted molar refractivity (Wildman–Crippen MR) is 81.9 cm³/mol. The van der Waals surface area contributed by atoms with Crippen LogP contribution in [0.15, 0.2) is 12.3 Å². The Bertz CT molecular complexity index is 586. The monoisotopic (exact) mass is 273 g/mol. The van der Waals surface area contributed by atoms with Gasteiger partial charge in [-0.05, 0) is 19.3 Å². The Labute approximate surface area is 120 Å². The Morgan fingerprint density at radius 2 is 2.00 bits per heavy atom. The van der Waals surface area contributed by atoms with Crippen LogP contribution in [0.4, 0.5) is 5.82 Å². The summed E-state index contributed by atoms with van der Waals surface area (Å²) < 4.78 is 1.83. The molecule has 0 unspecified atom stereocenters. The average molecular weight is 273 g/mol. The second-order valence-electron chi connectivity index (χ2n) is 5.20. The molecule has 0 aliphatic carbocycles. The van der Waals surface area contributed by atoms with E-state index in [2.05, 4.69) is 43.1 Å². The molecule has 0 spiro atoms. The molecule has 2 aromatic heterocycles. The molecule has 2 heterocycles. The second kappa shape index (κ2) is 6.03. The van der Waals surface area contributed by atoms with Crippen molar-refractivity contribution >= 4 is 5.82 Å². The van der Waals surface area contributed by atoms with E-state index in [1.165, 1.54) is 0 Å². The highest BCUT2D eigenvalue weighted by Gasteiger charge is 2.14. The van der Waals surface area contributed by atoms with E-state index in [9.17, 15) is 0 Å². The first kappa shape index (κ1) is 14.5. The lowest BCUT2D eigenvalue weighted by Crippen LogP contribution is -2.05. The highest BCUT2D eigenvalue weighted by atomic mass is 15.3. The van der Waals surface area contributed by atoms with Crippen molar-refractivity contribution in [2.45, 2.75) is 40.0 Å². The molecule has 2 aromatic rings. The highest BCUT2D eigenvalue weighted by Crippen LogP contribution is 2.24. The number of hydrogen-bond acceptors (Lipinski definition) is 4. The molecule has 2 rings (SSSR count). The van der Waals surface area contributed by atoms with Gasteiger partial charge < -0.3 is 5.32 Å². The Balaban J connectivity index is 2.54. The van der Waals surface area contributed by atoms with E-state index in [0.717, 1.165) is 41.6 Å². The van der Waals surface area contributed by atoms with Crippen LogP contribution in [0.3, 0.4) is 0 Å². The van der Waals surface area contributed by atoms with E-state index < -0.39 is 0 Å². The van der Waals surface area contributed by atoms with E-state index in [4.69, 9.17) is 4.98 Å². The van der Waals surface area contributed by atoms with Crippen LogP contribution < -0.4 is 5.32 Å². The van der Waals surface area contributed by atoms with Crippen molar-refractivity contribution in [3.05, 3.63) is 23.7 Å². The standard InChI is InChI=1S/C15H23N5/c1-6-12-11(9-20(5)19-12)15-17-13(10(3)4)8-14(18-15)16-7-2/h8-10H,6-7H2,1-5H3,(H,16,17,18). The van der Waals surface area contributed by atoms with Gasteiger partial charge in [0.05, 0.1) is 11.3 Å². The Morgan fingerprint density at radius 1 is 1.25 bits per heavy atom. The first-order chi connectivity index (χ1) is 9.55. The zero-order valence-corrected chi connectivity index (χ0v) is 12.9. The smallest absolute Gasteiger partial charge is 0.165 e. The summed E-state index contributed by atoms with van der Waals surface area (Å²) in [6.45, 7) is 9.31. The fourth-order valence-electron chi connectivity index (χ4n) is 2.14. The number of aryl methyl sites for hydroxylation is 2. The molecule has 0 aliphatic heterocycles. The highest BCUT2D eigenvalue weighted by molar-refractivity contribution is 5.59. The summed E-state index contributed by atoms with van der Waals surface area (Å²) in [4.78, 5) is 9.33. The third kappa shape index (κ3) is 2.98. The summed E-state index contributed by atoms with van der Waals surface area (Å²) in [5.41, 5.74) is 3.12. The minimum atomic E-state index is 0.371. The Kier molecular flexibility index (Phi) is 4.37. The average Bonchev–Trinajstić information content (AvgIpc) is 2.80. The van der Waals surface area contributed by atoms with Gasteiger partial charge in [-0.3, -0.25) is 4.68 Å². The van der Waals surface area contributed by atoms with E-state index >= 15 is 0 Å². The third-order valence-corrected chi connectivity index (χ3v) is 3.18. The van der Waals surface area contributed by atoms with Gasteiger partial charge in [0, 0.05) is 31.5 Å². The fourth-order valence-corrected chi connectivity index (χ4v) is 2.14. The van der Waals surface area contributed by atoms with Gasteiger partial charge in [-0.1, -0.05) is 20.8 Å². The number of nitrogens with zero attached hydrogens (tertiary/aromatic N) is 4. The van der Waals surface area contributed by atoms with Crippen LogP contribution in [0.1, 0.15) is 45.0 Å². The molecule has 0 saturated heterocycles. The van der Waals surface area contributed by atoms with Crippen molar-refractivity contribution in [3.63, 3.8) is 0 Å². The topological polar surface area (TPSA) is 55.6 Å². The predicted octanol–water partition coefficient (Wildman–Crippen LogP) is 2.99. The lowest BCUT2D eigenvalue weighted by atomic mass is 10.1. The molecule has 0 bridgehead atoms. The molecular formula is C15H23N5. The van der Waals surface area contributed by atoms with Crippen LogP contribution in [0, 0.1) is 0 Å². The zero-order chi connectivity index (χ0) is 14.7. The van der Waals surface area contributed by atoms with Gasteiger partial charge in [-0.15, -0.1) is 0 Å². The lowest BCUT2D eigenvalue weighted by Gasteiger charge is -2.10. The minimum absolute atomic E-state index is 0.371. The fraction of sp³-hybridized carbons (Fsp3) is 0.533. The SMILES string of the molecule is CCNc1cc(C(C)C)nc(-c2cn(C)nc2CC)n1. The number of nitrogens with one attached hydrogen (secondary N) is 1. The molecular weight excluding hydrogens is 250 g/mol. The first-order valence-corrected chi connectivity index (χ1v) is 7.20. The lowest BCUT2D eigenvalue weighted by molar-refractivity contribution is 0.746. The molecule has 108 valence electrons. The maximum atomic E-state index is 4.70. The molecule has 0 aromatic carbocycles. The van der Waals surface area contributed by atoms with Gasteiger partial charge in [0.2, 0.25) is 0 Å². The van der Waals surface area contributed by atoms with Crippen molar-refractivity contribution in [1.29, 1.82) is 0 Å². The van der Waals surface area contributed by atoms with Crippen LogP contribution in [-0.4, -0.2) is 26.3 Å². The summed E-state index contributed by atoms with van der Waals surface area (Å²) >= 11 is 0. The Hall–Kier alpha value is -1.91. The van der Waals surface area contributed by atoms with Gasteiger partial charge in [0.25, 0.3) is 0 Å². The normalized spacial score (nSPS) is 11.1. The van der Waals surface area contributed by atoms with Crippen molar-refractivity contribution in [2.75, 3.05) is 11.9 Å². The van der Waals surface area contributed by atoms with Gasteiger partial charge in [0.1, 0.15) is 5.82 Å². The largest absolute Gasteiger partial charge is 0.370 e. The summed E-state index contributed by atoms with van der Waals surface area (Å²) in [6.07, 6.45) is 2.87. The van der Waals surface area contributed by atoms with Gasteiger partial charge in [0.15, 0.2) is 5.82 Å². The molecule has 0 atom stereocenters. The molecule has 20 heavy (non-hydrogen) atoms. The quantitative estimate of drug-likeness (QED) is 0.910. The van der Waals surface area contributed by atoms with E-state index in [1.807, 2.05) is 24.0 Å². The summed E-state index contributed by atoms with van der Waals surface area (Å²) in [7, 11) is 1.93. The number of aromatic nitrogens is 4.